The number of aryl methyl sites for hydroxylation is 2. The van der Waals surface area contributed by atoms with Crippen molar-refractivity contribution in [2.24, 2.45) is 0 Å². The normalized spacial score (nSPS) is 12.7. The first-order chi connectivity index (χ1) is 7.72. The van der Waals surface area contributed by atoms with E-state index >= 15 is 0 Å². The highest BCUT2D eigenvalue weighted by Crippen LogP contribution is 2.27. The molecule has 0 aliphatic rings. The van der Waals surface area contributed by atoms with Crippen molar-refractivity contribution in [2.75, 3.05) is 7.05 Å². The van der Waals surface area contributed by atoms with Gasteiger partial charge in [0.15, 0.2) is 0 Å². The molecular formula is C12H15N3S. The van der Waals surface area contributed by atoms with E-state index in [1.807, 2.05) is 31.9 Å². The van der Waals surface area contributed by atoms with E-state index < -0.39 is 0 Å². The van der Waals surface area contributed by atoms with Gasteiger partial charge in [0.25, 0.3) is 0 Å². The summed E-state index contributed by atoms with van der Waals surface area (Å²) in [5.74, 6) is 0. The average Bonchev–Trinajstić information content (AvgIpc) is 2.67. The summed E-state index contributed by atoms with van der Waals surface area (Å²) in [5.41, 5.74) is 5.35. The summed E-state index contributed by atoms with van der Waals surface area (Å²) in [7, 11) is 1.96. The molecule has 0 aliphatic carbocycles. The van der Waals surface area contributed by atoms with Gasteiger partial charge in [0.1, 0.15) is 0 Å². The van der Waals surface area contributed by atoms with E-state index in [0.717, 1.165) is 5.69 Å². The van der Waals surface area contributed by atoms with Gasteiger partial charge >= 0.3 is 0 Å². The summed E-state index contributed by atoms with van der Waals surface area (Å²) in [6, 6.07) is 2.35. The summed E-state index contributed by atoms with van der Waals surface area (Å²) < 4.78 is 0. The Hall–Kier alpha value is -1.26. The van der Waals surface area contributed by atoms with Crippen molar-refractivity contribution in [3.05, 3.63) is 45.7 Å². The molecule has 4 heteroatoms. The van der Waals surface area contributed by atoms with Gasteiger partial charge in [0, 0.05) is 17.3 Å². The van der Waals surface area contributed by atoms with E-state index in [9.17, 15) is 0 Å². The molecule has 0 saturated carbocycles. The predicted octanol–water partition coefficient (Wildman–Crippen LogP) is 2.46. The second kappa shape index (κ2) is 4.72. The Morgan fingerprint density at radius 2 is 2.12 bits per heavy atom. The number of nitrogens with one attached hydrogen (secondary N) is 1. The Labute approximate surface area is 99.6 Å². The molecule has 1 atom stereocenters. The summed E-state index contributed by atoms with van der Waals surface area (Å²) in [6.07, 6.45) is 3.78. The van der Waals surface area contributed by atoms with Crippen LogP contribution in [0.4, 0.5) is 0 Å². The van der Waals surface area contributed by atoms with E-state index in [0.29, 0.717) is 0 Å². The molecule has 2 aromatic heterocycles. The molecule has 0 spiro atoms. The van der Waals surface area contributed by atoms with Crippen molar-refractivity contribution in [1.29, 1.82) is 0 Å². The largest absolute Gasteiger partial charge is 0.309 e. The van der Waals surface area contributed by atoms with Crippen molar-refractivity contribution < 1.29 is 0 Å². The van der Waals surface area contributed by atoms with E-state index in [2.05, 4.69) is 28.3 Å². The van der Waals surface area contributed by atoms with Crippen molar-refractivity contribution in [3.8, 4) is 0 Å². The third-order valence-electron chi connectivity index (χ3n) is 2.56. The molecule has 0 aliphatic heterocycles. The quantitative estimate of drug-likeness (QED) is 0.885. The van der Waals surface area contributed by atoms with E-state index in [4.69, 9.17) is 0 Å². The van der Waals surface area contributed by atoms with Crippen LogP contribution >= 0.6 is 11.3 Å². The maximum absolute atomic E-state index is 4.29. The van der Waals surface area contributed by atoms with Gasteiger partial charge < -0.3 is 5.32 Å². The zero-order valence-corrected chi connectivity index (χ0v) is 10.5. The van der Waals surface area contributed by atoms with Gasteiger partial charge in [-0.15, -0.1) is 11.3 Å². The van der Waals surface area contributed by atoms with E-state index in [-0.39, 0.29) is 6.04 Å². The van der Waals surface area contributed by atoms with Crippen LogP contribution in [0.25, 0.3) is 0 Å². The number of hydrogen-bond acceptors (Lipinski definition) is 4. The summed E-state index contributed by atoms with van der Waals surface area (Å²) in [6.45, 7) is 4.10. The fourth-order valence-corrected chi connectivity index (χ4v) is 2.71. The minimum Gasteiger partial charge on any atom is -0.309 e. The maximum atomic E-state index is 4.29. The topological polar surface area (TPSA) is 37.8 Å². The monoisotopic (exact) mass is 233 g/mol. The summed E-state index contributed by atoms with van der Waals surface area (Å²) in [4.78, 5) is 9.79. The number of aromatic nitrogens is 2. The van der Waals surface area contributed by atoms with Crippen LogP contribution in [0.1, 0.15) is 27.7 Å². The Bertz CT molecular complexity index is 479. The van der Waals surface area contributed by atoms with Crippen LogP contribution in [0.15, 0.2) is 24.0 Å². The molecule has 0 fully saturated rings. The standard InChI is InChI=1S/C12H15N3S/c1-8-4-10(6-14-5-8)11(13-3)12-9(2)15-7-16-12/h4-7,11,13H,1-3H3. The van der Waals surface area contributed by atoms with Crippen molar-refractivity contribution in [3.63, 3.8) is 0 Å². The molecule has 1 N–H and O–H groups in total. The molecule has 3 nitrogen and oxygen atoms in total. The first kappa shape index (κ1) is 11.2. The lowest BCUT2D eigenvalue weighted by molar-refractivity contribution is 0.694. The summed E-state index contributed by atoms with van der Waals surface area (Å²) in [5, 5.41) is 3.32. The average molecular weight is 233 g/mol. The fraction of sp³-hybridized carbons (Fsp3) is 0.333. The van der Waals surface area contributed by atoms with Crippen molar-refractivity contribution >= 4 is 11.3 Å². The molecule has 0 aromatic carbocycles. The van der Waals surface area contributed by atoms with Gasteiger partial charge in [-0.2, -0.15) is 0 Å². The molecule has 16 heavy (non-hydrogen) atoms. The highest BCUT2D eigenvalue weighted by Gasteiger charge is 2.16. The van der Waals surface area contributed by atoms with Crippen LogP contribution in [0.5, 0.6) is 0 Å². The maximum Gasteiger partial charge on any atom is 0.0798 e. The Morgan fingerprint density at radius 1 is 1.31 bits per heavy atom. The molecule has 0 amide bonds. The second-order valence-electron chi connectivity index (χ2n) is 3.82. The molecule has 0 radical (unpaired) electrons. The highest BCUT2D eigenvalue weighted by molar-refractivity contribution is 7.09. The number of thiazole rings is 1. The molecule has 1 unspecified atom stereocenters. The van der Waals surface area contributed by atoms with Crippen LogP contribution < -0.4 is 5.32 Å². The first-order valence-corrected chi connectivity index (χ1v) is 6.09. The predicted molar refractivity (Wildman–Crippen MR) is 66.7 cm³/mol. The molecule has 2 aromatic rings. The van der Waals surface area contributed by atoms with Crippen LogP contribution in [-0.4, -0.2) is 17.0 Å². The molecule has 84 valence electrons. The van der Waals surface area contributed by atoms with Crippen molar-refractivity contribution in [2.45, 2.75) is 19.9 Å². The van der Waals surface area contributed by atoms with E-state index in [1.165, 1.54) is 16.0 Å². The van der Waals surface area contributed by atoms with Crippen LogP contribution in [0.2, 0.25) is 0 Å². The second-order valence-corrected chi connectivity index (χ2v) is 4.71. The van der Waals surface area contributed by atoms with Gasteiger partial charge in [0.2, 0.25) is 0 Å². The highest BCUT2D eigenvalue weighted by atomic mass is 32.1. The Kier molecular flexibility index (Phi) is 3.31. The third kappa shape index (κ3) is 2.13. The number of hydrogen-bond donors (Lipinski definition) is 1. The number of rotatable bonds is 3. The lowest BCUT2D eigenvalue weighted by Crippen LogP contribution is -2.17. The SMILES string of the molecule is CNC(c1cncc(C)c1)c1scnc1C. The van der Waals surface area contributed by atoms with Crippen molar-refractivity contribution in [1.82, 2.24) is 15.3 Å². The van der Waals surface area contributed by atoms with Gasteiger partial charge in [-0.25, -0.2) is 4.98 Å². The molecular weight excluding hydrogens is 218 g/mol. The molecule has 2 rings (SSSR count). The van der Waals surface area contributed by atoms with Gasteiger partial charge in [-0.3, -0.25) is 4.98 Å². The minimum absolute atomic E-state index is 0.194. The molecule has 2 heterocycles. The Balaban J connectivity index is 2.40. The molecule has 0 saturated heterocycles. The lowest BCUT2D eigenvalue weighted by atomic mass is 10.1. The van der Waals surface area contributed by atoms with Crippen LogP contribution in [-0.2, 0) is 0 Å². The number of pyridine rings is 1. The summed E-state index contributed by atoms with van der Waals surface area (Å²) >= 11 is 1.68. The Morgan fingerprint density at radius 3 is 2.69 bits per heavy atom. The zero-order chi connectivity index (χ0) is 11.5. The van der Waals surface area contributed by atoms with Gasteiger partial charge in [-0.05, 0) is 32.0 Å². The van der Waals surface area contributed by atoms with Crippen LogP contribution in [0, 0.1) is 13.8 Å². The fourth-order valence-electron chi connectivity index (χ4n) is 1.77. The smallest absolute Gasteiger partial charge is 0.0798 e. The minimum atomic E-state index is 0.194. The zero-order valence-electron chi connectivity index (χ0n) is 9.69. The molecule has 0 bridgehead atoms. The third-order valence-corrected chi connectivity index (χ3v) is 3.56. The lowest BCUT2D eigenvalue weighted by Gasteiger charge is -2.15. The number of nitrogens with zero attached hydrogens (tertiary/aromatic N) is 2. The first-order valence-electron chi connectivity index (χ1n) is 5.21. The van der Waals surface area contributed by atoms with Gasteiger partial charge in [-0.1, -0.05) is 6.07 Å². The van der Waals surface area contributed by atoms with Gasteiger partial charge in [0.05, 0.1) is 17.2 Å². The van der Waals surface area contributed by atoms with E-state index in [1.54, 1.807) is 11.3 Å². The van der Waals surface area contributed by atoms with Crippen LogP contribution in [0.3, 0.4) is 0 Å².